The number of ether oxygens (including phenoxy) is 2. The number of hydrogen-bond acceptors (Lipinski definition) is 7. The highest BCUT2D eigenvalue weighted by Gasteiger charge is 2.41. The van der Waals surface area contributed by atoms with Gasteiger partial charge < -0.3 is 9.47 Å². The highest BCUT2D eigenvalue weighted by atomic mass is 19.1. The molecule has 0 radical (unpaired) electrons. The van der Waals surface area contributed by atoms with E-state index in [-0.39, 0.29) is 23.7 Å². The first kappa shape index (κ1) is 17.5. The zero-order valence-corrected chi connectivity index (χ0v) is 15.8. The molecule has 0 saturated heterocycles. The van der Waals surface area contributed by atoms with Gasteiger partial charge in [-0.1, -0.05) is 0 Å². The Hall–Kier alpha value is -3.62. The van der Waals surface area contributed by atoms with Crippen LogP contribution < -0.4 is 9.47 Å². The minimum Gasteiger partial charge on any atom is -0.480 e. The molecule has 1 aliphatic rings. The Morgan fingerprint density at radius 1 is 1.07 bits per heavy atom. The van der Waals surface area contributed by atoms with Crippen molar-refractivity contribution in [1.29, 1.82) is 0 Å². The van der Waals surface area contributed by atoms with Gasteiger partial charge in [0.15, 0.2) is 5.65 Å². The van der Waals surface area contributed by atoms with Crippen LogP contribution >= 0.6 is 0 Å². The van der Waals surface area contributed by atoms with E-state index < -0.39 is 0 Å². The van der Waals surface area contributed by atoms with Gasteiger partial charge in [0.25, 0.3) is 0 Å². The van der Waals surface area contributed by atoms with Crippen LogP contribution in [0, 0.1) is 5.82 Å². The summed E-state index contributed by atoms with van der Waals surface area (Å²) in [6, 6.07) is 3.74. The van der Waals surface area contributed by atoms with Gasteiger partial charge in [-0.3, -0.25) is 4.98 Å². The van der Waals surface area contributed by atoms with Crippen LogP contribution in [0.5, 0.6) is 11.9 Å². The molecule has 0 amide bonds. The van der Waals surface area contributed by atoms with Crippen LogP contribution in [0.25, 0.3) is 16.9 Å². The van der Waals surface area contributed by atoms with Crippen LogP contribution in [-0.4, -0.2) is 43.8 Å². The first-order chi connectivity index (χ1) is 14.2. The van der Waals surface area contributed by atoms with Gasteiger partial charge in [-0.25, -0.2) is 18.9 Å². The third-order valence-corrected chi connectivity index (χ3v) is 5.12. The Balaban J connectivity index is 1.59. The number of nitrogens with zero attached hydrogens (tertiary/aromatic N) is 6. The molecule has 0 unspecified atom stereocenters. The second-order valence-corrected chi connectivity index (χ2v) is 6.85. The fraction of sp³-hybridized carbons (Fsp3) is 0.250. The largest absolute Gasteiger partial charge is 0.480 e. The minimum atomic E-state index is -0.324. The van der Waals surface area contributed by atoms with E-state index in [1.807, 2.05) is 6.07 Å². The van der Waals surface area contributed by atoms with Crippen molar-refractivity contribution in [3.05, 3.63) is 60.1 Å². The standard InChI is InChI=1S/C20H17FN6O2/c1-28-19-16(10-24-20(25-19)29-2)17-7-15(18-23-3-4-27(18)26-17)14-6-13(14)11-5-12(21)9-22-8-11/h3-5,7-10,13-14H,6H2,1-2H3/t13-,14+/m1/s1. The fourth-order valence-electron chi connectivity index (χ4n) is 3.66. The zero-order chi connectivity index (χ0) is 20.0. The Morgan fingerprint density at radius 3 is 2.76 bits per heavy atom. The zero-order valence-electron chi connectivity index (χ0n) is 15.8. The van der Waals surface area contributed by atoms with E-state index in [0.29, 0.717) is 17.1 Å². The number of imidazole rings is 1. The lowest BCUT2D eigenvalue weighted by molar-refractivity contribution is 0.353. The van der Waals surface area contributed by atoms with Crippen molar-refractivity contribution in [3.8, 4) is 23.1 Å². The van der Waals surface area contributed by atoms with Crippen LogP contribution in [0.3, 0.4) is 0 Å². The summed E-state index contributed by atoms with van der Waals surface area (Å²) in [6.45, 7) is 0. The quantitative estimate of drug-likeness (QED) is 0.516. The highest BCUT2D eigenvalue weighted by molar-refractivity contribution is 5.68. The van der Waals surface area contributed by atoms with Gasteiger partial charge in [0.2, 0.25) is 5.88 Å². The summed E-state index contributed by atoms with van der Waals surface area (Å²) in [5.41, 5.74) is 4.01. The maximum atomic E-state index is 13.6. The Morgan fingerprint density at radius 2 is 1.97 bits per heavy atom. The van der Waals surface area contributed by atoms with Crippen LogP contribution in [-0.2, 0) is 0 Å². The molecule has 0 bridgehead atoms. The van der Waals surface area contributed by atoms with Crippen LogP contribution in [0.1, 0.15) is 29.4 Å². The van der Waals surface area contributed by atoms with Gasteiger partial charge in [0.05, 0.1) is 31.7 Å². The predicted molar refractivity (Wildman–Crippen MR) is 101 cm³/mol. The van der Waals surface area contributed by atoms with Crippen molar-refractivity contribution in [2.24, 2.45) is 0 Å². The molecule has 2 atom stereocenters. The Labute approximate surface area is 165 Å². The highest BCUT2D eigenvalue weighted by Crippen LogP contribution is 2.55. The number of rotatable bonds is 5. The number of halogens is 1. The molecule has 8 nitrogen and oxygen atoms in total. The molecule has 5 rings (SSSR count). The number of hydrogen-bond donors (Lipinski definition) is 0. The van der Waals surface area contributed by atoms with Crippen molar-refractivity contribution >= 4 is 5.65 Å². The van der Waals surface area contributed by atoms with Crippen LogP contribution in [0.4, 0.5) is 4.39 Å². The molecule has 1 saturated carbocycles. The molecule has 4 aromatic heterocycles. The van der Waals surface area contributed by atoms with E-state index in [0.717, 1.165) is 23.2 Å². The van der Waals surface area contributed by atoms with Gasteiger partial charge >= 0.3 is 6.01 Å². The molecule has 0 N–H and O–H groups in total. The lowest BCUT2D eigenvalue weighted by Crippen LogP contribution is -2.02. The third kappa shape index (κ3) is 3.04. The number of fused-ring (bicyclic) bond motifs is 1. The van der Waals surface area contributed by atoms with Gasteiger partial charge in [-0.05, 0) is 36.0 Å². The van der Waals surface area contributed by atoms with Gasteiger partial charge in [-0.2, -0.15) is 10.1 Å². The predicted octanol–water partition coefficient (Wildman–Crippen LogP) is 3.01. The van der Waals surface area contributed by atoms with Gasteiger partial charge in [0, 0.05) is 30.4 Å². The number of aromatic nitrogens is 6. The SMILES string of the molecule is COc1ncc(-c2cc([C@H]3C[C@@H]3c3cncc(F)c3)c3nccn3n2)c(OC)n1. The summed E-state index contributed by atoms with van der Waals surface area (Å²) in [6.07, 6.45) is 8.96. The van der Waals surface area contributed by atoms with Gasteiger partial charge in [-0.15, -0.1) is 0 Å². The molecule has 9 heteroatoms. The monoisotopic (exact) mass is 392 g/mol. The molecule has 4 aromatic rings. The van der Waals surface area contributed by atoms with Crippen molar-refractivity contribution in [2.75, 3.05) is 14.2 Å². The molecule has 0 aromatic carbocycles. The fourth-order valence-corrected chi connectivity index (χ4v) is 3.66. The summed E-state index contributed by atoms with van der Waals surface area (Å²) >= 11 is 0. The van der Waals surface area contributed by atoms with Crippen LogP contribution in [0.2, 0.25) is 0 Å². The Kier molecular flexibility index (Phi) is 4.08. The summed E-state index contributed by atoms with van der Waals surface area (Å²) in [4.78, 5) is 16.9. The van der Waals surface area contributed by atoms with Crippen molar-refractivity contribution in [1.82, 2.24) is 29.5 Å². The molecule has 0 aliphatic heterocycles. The summed E-state index contributed by atoms with van der Waals surface area (Å²) in [7, 11) is 3.03. The topological polar surface area (TPSA) is 87.3 Å². The van der Waals surface area contributed by atoms with Crippen molar-refractivity contribution < 1.29 is 13.9 Å². The minimum absolute atomic E-state index is 0.197. The molecule has 1 fully saturated rings. The van der Waals surface area contributed by atoms with E-state index in [1.165, 1.54) is 20.4 Å². The van der Waals surface area contributed by atoms with E-state index in [4.69, 9.17) is 9.47 Å². The maximum Gasteiger partial charge on any atom is 0.319 e. The molecule has 4 heterocycles. The van der Waals surface area contributed by atoms with Gasteiger partial charge in [0.1, 0.15) is 5.82 Å². The summed E-state index contributed by atoms with van der Waals surface area (Å²) in [5.74, 6) is 0.449. The molecule has 146 valence electrons. The second-order valence-electron chi connectivity index (χ2n) is 6.85. The smallest absolute Gasteiger partial charge is 0.319 e. The first-order valence-electron chi connectivity index (χ1n) is 9.08. The van der Waals surface area contributed by atoms with E-state index >= 15 is 0 Å². The van der Waals surface area contributed by atoms with Crippen molar-refractivity contribution in [3.63, 3.8) is 0 Å². The molecular weight excluding hydrogens is 375 g/mol. The summed E-state index contributed by atoms with van der Waals surface area (Å²) in [5, 5.41) is 4.63. The van der Waals surface area contributed by atoms with Crippen LogP contribution in [0.15, 0.2) is 43.1 Å². The van der Waals surface area contributed by atoms with Crippen molar-refractivity contribution in [2.45, 2.75) is 18.3 Å². The molecule has 0 spiro atoms. The van der Waals surface area contributed by atoms with E-state index in [9.17, 15) is 4.39 Å². The second kappa shape index (κ2) is 6.77. The van der Waals surface area contributed by atoms with E-state index in [1.54, 1.807) is 35.4 Å². The molecular formula is C20H17FN6O2. The lowest BCUT2D eigenvalue weighted by Gasteiger charge is -2.10. The average molecular weight is 392 g/mol. The van der Waals surface area contributed by atoms with E-state index in [2.05, 4.69) is 25.0 Å². The Bertz CT molecular complexity index is 1210. The molecule has 29 heavy (non-hydrogen) atoms. The lowest BCUT2D eigenvalue weighted by atomic mass is 10.1. The third-order valence-electron chi connectivity index (χ3n) is 5.12. The number of methoxy groups -OCH3 is 2. The molecule has 1 aliphatic carbocycles. The average Bonchev–Trinajstić information content (AvgIpc) is 3.41. The first-order valence-corrected chi connectivity index (χ1v) is 9.08. The maximum absolute atomic E-state index is 13.6. The normalized spacial score (nSPS) is 18.0. The number of pyridine rings is 1. The summed E-state index contributed by atoms with van der Waals surface area (Å²) < 4.78 is 25.8.